The molecule has 3 heteroatoms. The number of nitrogens with zero attached hydrogens (tertiary/aromatic N) is 1. The number of aryl methyl sites for hydroxylation is 2. The van der Waals surface area contributed by atoms with Crippen LogP contribution in [0, 0.1) is 13.8 Å². The van der Waals surface area contributed by atoms with Crippen molar-refractivity contribution in [2.24, 2.45) is 0 Å². The maximum atomic E-state index is 11.8. The number of carboxylic acids is 1. The molecule has 0 saturated carbocycles. The van der Waals surface area contributed by atoms with Crippen molar-refractivity contribution in [2.45, 2.75) is 33.6 Å². The van der Waals surface area contributed by atoms with Crippen molar-refractivity contribution in [3.63, 3.8) is 0 Å². The lowest BCUT2D eigenvalue weighted by molar-refractivity contribution is 0.0699. The van der Waals surface area contributed by atoms with E-state index >= 15 is 0 Å². The molecule has 2 aromatic carbocycles. The number of hydrogen-bond donors (Lipinski definition) is 1. The van der Waals surface area contributed by atoms with Crippen LogP contribution < -0.4 is 0 Å². The van der Waals surface area contributed by atoms with E-state index in [9.17, 15) is 9.90 Å². The molecule has 1 N–H and O–H groups in total. The van der Waals surface area contributed by atoms with Gasteiger partial charge in [0.2, 0.25) is 0 Å². The van der Waals surface area contributed by atoms with E-state index in [0.29, 0.717) is 17.2 Å². The van der Waals surface area contributed by atoms with E-state index in [1.54, 1.807) is 6.07 Å². The SMILES string of the molecule is Cc1cc(C)c2c(C(=O)O)cc(-c3ccc(C(C)C)cc3)nc2c1. The first-order valence-corrected chi connectivity index (χ1v) is 8.12. The van der Waals surface area contributed by atoms with Gasteiger partial charge in [0.15, 0.2) is 0 Å². The lowest BCUT2D eigenvalue weighted by Crippen LogP contribution is -2.02. The molecule has 1 aromatic heterocycles. The molecule has 0 aliphatic carbocycles. The number of carboxylic acid groups (broad SMARTS) is 1. The van der Waals surface area contributed by atoms with Gasteiger partial charge >= 0.3 is 5.97 Å². The van der Waals surface area contributed by atoms with E-state index < -0.39 is 5.97 Å². The molecule has 0 spiro atoms. The molecule has 0 fully saturated rings. The number of benzene rings is 2. The summed E-state index contributed by atoms with van der Waals surface area (Å²) in [6.07, 6.45) is 0. The van der Waals surface area contributed by atoms with Gasteiger partial charge < -0.3 is 5.11 Å². The Bertz CT molecular complexity index is 925. The number of rotatable bonds is 3. The quantitative estimate of drug-likeness (QED) is 0.709. The van der Waals surface area contributed by atoms with Crippen molar-refractivity contribution in [1.29, 1.82) is 0 Å². The third kappa shape index (κ3) is 2.90. The molecule has 0 aliphatic heterocycles. The molecule has 0 unspecified atom stereocenters. The fourth-order valence-corrected chi connectivity index (χ4v) is 3.11. The summed E-state index contributed by atoms with van der Waals surface area (Å²) < 4.78 is 0. The van der Waals surface area contributed by atoms with Crippen molar-refractivity contribution in [2.75, 3.05) is 0 Å². The van der Waals surface area contributed by atoms with Crippen molar-refractivity contribution in [3.05, 3.63) is 64.7 Å². The highest BCUT2D eigenvalue weighted by Crippen LogP contribution is 2.29. The normalized spacial score (nSPS) is 11.2. The van der Waals surface area contributed by atoms with E-state index in [1.807, 2.05) is 38.1 Å². The Morgan fingerprint density at radius 3 is 2.29 bits per heavy atom. The van der Waals surface area contributed by atoms with Gasteiger partial charge in [0.05, 0.1) is 16.8 Å². The molecule has 0 radical (unpaired) electrons. The monoisotopic (exact) mass is 319 g/mol. The highest BCUT2D eigenvalue weighted by Gasteiger charge is 2.15. The van der Waals surface area contributed by atoms with Gasteiger partial charge in [-0.1, -0.05) is 44.2 Å². The van der Waals surface area contributed by atoms with Gasteiger partial charge in [0.1, 0.15) is 0 Å². The van der Waals surface area contributed by atoms with Crippen LogP contribution in [0.25, 0.3) is 22.2 Å². The molecular formula is C21H21NO2. The first-order valence-electron chi connectivity index (χ1n) is 8.12. The molecule has 0 amide bonds. The Balaban J connectivity index is 2.24. The van der Waals surface area contributed by atoms with Crippen LogP contribution in [-0.2, 0) is 0 Å². The van der Waals surface area contributed by atoms with Crippen molar-refractivity contribution >= 4 is 16.9 Å². The van der Waals surface area contributed by atoms with Gasteiger partial charge in [0.25, 0.3) is 0 Å². The van der Waals surface area contributed by atoms with Gasteiger partial charge in [-0.15, -0.1) is 0 Å². The summed E-state index contributed by atoms with van der Waals surface area (Å²) in [5, 5.41) is 10.4. The standard InChI is InChI=1S/C21H21NO2/c1-12(2)15-5-7-16(8-6-15)18-11-17(21(23)24)20-14(4)9-13(3)10-19(20)22-18/h5-12H,1-4H3,(H,23,24). The highest BCUT2D eigenvalue weighted by atomic mass is 16.4. The second kappa shape index (κ2) is 6.08. The average molecular weight is 319 g/mol. The predicted molar refractivity (Wildman–Crippen MR) is 97.7 cm³/mol. The van der Waals surface area contributed by atoms with Crippen LogP contribution in [0.4, 0.5) is 0 Å². The van der Waals surface area contributed by atoms with Crippen molar-refractivity contribution in [3.8, 4) is 11.3 Å². The third-order valence-electron chi connectivity index (χ3n) is 4.35. The number of aromatic carboxylic acids is 1. The molecule has 0 aliphatic rings. The van der Waals surface area contributed by atoms with Gasteiger partial charge in [0, 0.05) is 10.9 Å². The number of aromatic nitrogens is 1. The second-order valence-corrected chi connectivity index (χ2v) is 6.61. The van der Waals surface area contributed by atoms with E-state index in [-0.39, 0.29) is 0 Å². The maximum Gasteiger partial charge on any atom is 0.336 e. The zero-order chi connectivity index (χ0) is 17.4. The van der Waals surface area contributed by atoms with E-state index in [1.165, 1.54) is 5.56 Å². The summed E-state index contributed by atoms with van der Waals surface area (Å²) in [5.74, 6) is -0.460. The van der Waals surface area contributed by atoms with Crippen LogP contribution in [0.1, 0.15) is 46.8 Å². The molecule has 24 heavy (non-hydrogen) atoms. The fraction of sp³-hybridized carbons (Fsp3) is 0.238. The first kappa shape index (κ1) is 16.2. The minimum absolute atomic E-state index is 0.306. The zero-order valence-electron chi connectivity index (χ0n) is 14.4. The van der Waals surface area contributed by atoms with E-state index in [4.69, 9.17) is 4.98 Å². The molecule has 3 rings (SSSR count). The molecule has 1 heterocycles. The summed E-state index contributed by atoms with van der Waals surface area (Å²) in [4.78, 5) is 16.5. The fourth-order valence-electron chi connectivity index (χ4n) is 3.11. The van der Waals surface area contributed by atoms with Gasteiger partial charge in [-0.2, -0.15) is 0 Å². The number of carbonyl (C=O) groups is 1. The van der Waals surface area contributed by atoms with Crippen LogP contribution in [0.5, 0.6) is 0 Å². The summed E-state index contributed by atoms with van der Waals surface area (Å²) in [6, 6.07) is 13.8. The molecule has 122 valence electrons. The first-order chi connectivity index (χ1) is 11.4. The van der Waals surface area contributed by atoms with Gasteiger partial charge in [-0.3, -0.25) is 0 Å². The van der Waals surface area contributed by atoms with Crippen LogP contribution in [0.15, 0.2) is 42.5 Å². The Kier molecular flexibility index (Phi) is 4.10. The smallest absolute Gasteiger partial charge is 0.336 e. The molecular weight excluding hydrogens is 298 g/mol. The van der Waals surface area contributed by atoms with Crippen molar-refractivity contribution in [1.82, 2.24) is 4.98 Å². The molecule has 0 atom stereocenters. The number of hydrogen-bond acceptors (Lipinski definition) is 2. The van der Waals surface area contributed by atoms with Crippen LogP contribution in [0.3, 0.4) is 0 Å². The summed E-state index contributed by atoms with van der Waals surface area (Å²) >= 11 is 0. The minimum atomic E-state index is -0.922. The zero-order valence-corrected chi connectivity index (χ0v) is 14.4. The van der Waals surface area contributed by atoms with Crippen LogP contribution in [-0.4, -0.2) is 16.1 Å². The topological polar surface area (TPSA) is 50.2 Å². The summed E-state index contributed by atoms with van der Waals surface area (Å²) in [6.45, 7) is 8.23. The van der Waals surface area contributed by atoms with Gasteiger partial charge in [-0.25, -0.2) is 9.78 Å². The van der Waals surface area contributed by atoms with E-state index in [0.717, 1.165) is 27.6 Å². The summed E-state index contributed by atoms with van der Waals surface area (Å²) in [7, 11) is 0. The number of fused-ring (bicyclic) bond motifs is 1. The Hall–Kier alpha value is -2.68. The third-order valence-corrected chi connectivity index (χ3v) is 4.35. The summed E-state index contributed by atoms with van der Waals surface area (Å²) in [5.41, 5.74) is 5.94. The van der Waals surface area contributed by atoms with Gasteiger partial charge in [-0.05, 0) is 48.6 Å². The average Bonchev–Trinajstić information content (AvgIpc) is 2.53. The largest absolute Gasteiger partial charge is 0.478 e. The Morgan fingerprint density at radius 1 is 1.04 bits per heavy atom. The molecule has 3 aromatic rings. The van der Waals surface area contributed by atoms with Crippen LogP contribution >= 0.6 is 0 Å². The van der Waals surface area contributed by atoms with Crippen molar-refractivity contribution < 1.29 is 9.90 Å². The minimum Gasteiger partial charge on any atom is -0.478 e. The lowest BCUT2D eigenvalue weighted by atomic mass is 9.97. The lowest BCUT2D eigenvalue weighted by Gasteiger charge is -2.11. The molecule has 3 nitrogen and oxygen atoms in total. The maximum absolute atomic E-state index is 11.8. The number of pyridine rings is 1. The van der Waals surface area contributed by atoms with E-state index in [2.05, 4.69) is 26.0 Å². The predicted octanol–water partition coefficient (Wildman–Crippen LogP) is 5.34. The second-order valence-electron chi connectivity index (χ2n) is 6.61. The Labute approximate surface area is 142 Å². The molecule has 0 bridgehead atoms. The van der Waals surface area contributed by atoms with Crippen LogP contribution in [0.2, 0.25) is 0 Å². The highest BCUT2D eigenvalue weighted by molar-refractivity contribution is 6.05. The Morgan fingerprint density at radius 2 is 1.71 bits per heavy atom. The molecule has 0 saturated heterocycles.